The molecule has 33 heavy (non-hydrogen) atoms. The van der Waals surface area contributed by atoms with E-state index in [0.717, 1.165) is 10.5 Å². The molecule has 3 aromatic carbocycles. The summed E-state index contributed by atoms with van der Waals surface area (Å²) in [6, 6.07) is 19.0. The molecule has 0 heterocycles. The zero-order valence-corrected chi connectivity index (χ0v) is 19.7. The van der Waals surface area contributed by atoms with Gasteiger partial charge in [-0.05, 0) is 61.9 Å². The zero-order valence-electron chi connectivity index (χ0n) is 18.1. The Hall–Kier alpha value is -3.29. The molecule has 6 nitrogen and oxygen atoms in total. The number of aryl methyl sites for hydroxylation is 1. The number of carbonyl (C=O) groups is 3. The number of hydrogen-bond donors (Lipinski definition) is 3. The van der Waals surface area contributed by atoms with E-state index in [1.165, 1.54) is 23.9 Å². The minimum atomic E-state index is -1.16. The van der Waals surface area contributed by atoms with Crippen molar-refractivity contribution < 1.29 is 19.5 Å². The molecule has 0 fully saturated rings. The van der Waals surface area contributed by atoms with Crippen molar-refractivity contribution in [3.63, 3.8) is 0 Å². The van der Waals surface area contributed by atoms with Gasteiger partial charge >= 0.3 is 5.97 Å². The molecule has 8 heteroatoms. The molecule has 3 N–H and O–H groups in total. The molecule has 0 radical (unpaired) electrons. The fourth-order valence-corrected chi connectivity index (χ4v) is 4.32. The summed E-state index contributed by atoms with van der Waals surface area (Å²) in [5.41, 5.74) is 2.49. The molecular formula is C25H23ClN2O4S. The predicted octanol–water partition coefficient (Wildman–Crippen LogP) is 6.11. The number of aromatic carboxylic acids is 1. The molecule has 3 aromatic rings. The van der Waals surface area contributed by atoms with Gasteiger partial charge in [-0.25, -0.2) is 4.79 Å². The molecule has 0 saturated heterocycles. The van der Waals surface area contributed by atoms with Gasteiger partial charge in [-0.1, -0.05) is 42.3 Å². The Kier molecular flexibility index (Phi) is 8.14. The topological polar surface area (TPSA) is 95.5 Å². The number of thioether (sulfide) groups is 1. The van der Waals surface area contributed by atoms with Gasteiger partial charge in [0.05, 0.1) is 15.8 Å². The lowest BCUT2D eigenvalue weighted by atomic mass is 10.1. The van der Waals surface area contributed by atoms with Crippen LogP contribution in [-0.2, 0) is 4.79 Å². The van der Waals surface area contributed by atoms with Crippen LogP contribution in [0.4, 0.5) is 11.4 Å². The molecule has 3 rings (SSSR count). The lowest BCUT2D eigenvalue weighted by Crippen LogP contribution is -2.24. The van der Waals surface area contributed by atoms with Gasteiger partial charge in [-0.3, -0.25) is 9.59 Å². The Morgan fingerprint density at radius 3 is 2.39 bits per heavy atom. The maximum absolute atomic E-state index is 12.8. The lowest BCUT2D eigenvalue weighted by Gasteiger charge is -2.16. The van der Waals surface area contributed by atoms with Crippen molar-refractivity contribution in [3.8, 4) is 0 Å². The van der Waals surface area contributed by atoms with E-state index >= 15 is 0 Å². The summed E-state index contributed by atoms with van der Waals surface area (Å²) in [6.07, 6.45) is 0.551. The number of rotatable bonds is 8. The quantitative estimate of drug-likeness (QED) is 0.337. The number of hydrogen-bond acceptors (Lipinski definition) is 4. The van der Waals surface area contributed by atoms with Crippen LogP contribution in [0.25, 0.3) is 0 Å². The van der Waals surface area contributed by atoms with Gasteiger partial charge in [-0.15, -0.1) is 11.8 Å². The Bertz CT molecular complexity index is 1200. The van der Waals surface area contributed by atoms with E-state index in [2.05, 4.69) is 10.6 Å². The molecule has 1 unspecified atom stereocenters. The van der Waals surface area contributed by atoms with E-state index in [1.54, 1.807) is 18.2 Å². The Labute approximate surface area is 201 Å². The van der Waals surface area contributed by atoms with Crippen molar-refractivity contribution in [2.45, 2.75) is 30.4 Å². The summed E-state index contributed by atoms with van der Waals surface area (Å²) in [7, 11) is 0. The number of carboxylic acid groups (broad SMARTS) is 1. The SMILES string of the molecule is CCC(Sc1cccc(NC(=O)c2cccc(C)c2)c1)C(=O)Nc1ccc(Cl)c(C(=O)O)c1. The predicted molar refractivity (Wildman–Crippen MR) is 133 cm³/mol. The second kappa shape index (κ2) is 11.0. The molecule has 0 saturated carbocycles. The van der Waals surface area contributed by atoms with Crippen molar-refractivity contribution in [2.24, 2.45) is 0 Å². The third-order valence-electron chi connectivity index (χ3n) is 4.78. The molecular weight excluding hydrogens is 460 g/mol. The number of carboxylic acids is 1. The summed E-state index contributed by atoms with van der Waals surface area (Å²) < 4.78 is 0. The van der Waals surface area contributed by atoms with Crippen LogP contribution >= 0.6 is 23.4 Å². The number of carbonyl (C=O) groups excluding carboxylic acids is 2. The first kappa shape index (κ1) is 24.4. The highest BCUT2D eigenvalue weighted by atomic mass is 35.5. The third kappa shape index (κ3) is 6.60. The standard InChI is InChI=1S/C25H23ClN2O4S/c1-3-22(24(30)28-18-10-11-21(26)20(14-18)25(31)32)33-19-9-5-8-17(13-19)27-23(29)16-7-4-6-15(2)12-16/h4-14,22H,3H2,1-2H3,(H,27,29)(H,28,30)(H,31,32). The Balaban J connectivity index is 1.68. The maximum Gasteiger partial charge on any atom is 0.337 e. The van der Waals surface area contributed by atoms with Crippen molar-refractivity contribution >= 4 is 52.5 Å². The second-order valence-electron chi connectivity index (χ2n) is 7.36. The van der Waals surface area contributed by atoms with Gasteiger partial charge < -0.3 is 15.7 Å². The average Bonchev–Trinajstić information content (AvgIpc) is 2.78. The minimum absolute atomic E-state index is 0.0766. The molecule has 1 atom stereocenters. The van der Waals surface area contributed by atoms with Gasteiger partial charge in [0.15, 0.2) is 0 Å². The molecule has 170 valence electrons. The zero-order chi connectivity index (χ0) is 24.0. The average molecular weight is 483 g/mol. The molecule has 2 amide bonds. The molecule has 0 aromatic heterocycles. The highest BCUT2D eigenvalue weighted by molar-refractivity contribution is 8.00. The number of nitrogens with one attached hydrogen (secondary N) is 2. The molecule has 0 aliphatic heterocycles. The molecule has 0 aliphatic carbocycles. The minimum Gasteiger partial charge on any atom is -0.478 e. The lowest BCUT2D eigenvalue weighted by molar-refractivity contribution is -0.115. The van der Waals surface area contributed by atoms with Crippen molar-refractivity contribution in [1.82, 2.24) is 0 Å². The van der Waals surface area contributed by atoms with Crippen molar-refractivity contribution in [2.75, 3.05) is 10.6 Å². The van der Waals surface area contributed by atoms with Crippen LogP contribution in [-0.4, -0.2) is 28.1 Å². The normalized spacial score (nSPS) is 11.5. The van der Waals surface area contributed by atoms with Gasteiger partial charge in [0, 0.05) is 21.8 Å². The van der Waals surface area contributed by atoms with Crippen LogP contribution in [0.5, 0.6) is 0 Å². The highest BCUT2D eigenvalue weighted by Crippen LogP contribution is 2.29. The van der Waals surface area contributed by atoms with E-state index in [1.807, 2.05) is 50.2 Å². The summed E-state index contributed by atoms with van der Waals surface area (Å²) in [6.45, 7) is 3.82. The van der Waals surface area contributed by atoms with Crippen LogP contribution in [0.15, 0.2) is 71.6 Å². The summed E-state index contributed by atoms with van der Waals surface area (Å²) in [5, 5.41) is 14.5. The number of amides is 2. The van der Waals surface area contributed by atoms with Gasteiger partial charge in [0.25, 0.3) is 5.91 Å². The maximum atomic E-state index is 12.8. The van der Waals surface area contributed by atoms with E-state index in [0.29, 0.717) is 23.4 Å². The number of anilines is 2. The van der Waals surface area contributed by atoms with Gasteiger partial charge in [0.2, 0.25) is 5.91 Å². The fraction of sp³-hybridized carbons (Fsp3) is 0.160. The highest BCUT2D eigenvalue weighted by Gasteiger charge is 2.19. The molecule has 0 aliphatic rings. The summed E-state index contributed by atoms with van der Waals surface area (Å²) in [4.78, 5) is 37.4. The van der Waals surface area contributed by atoms with Crippen molar-refractivity contribution in [3.05, 3.63) is 88.4 Å². The molecule has 0 bridgehead atoms. The van der Waals surface area contributed by atoms with E-state index < -0.39 is 11.2 Å². The van der Waals surface area contributed by atoms with Crippen LogP contribution in [0, 0.1) is 6.92 Å². The monoisotopic (exact) mass is 482 g/mol. The van der Waals surface area contributed by atoms with Crippen LogP contribution < -0.4 is 10.6 Å². The first-order valence-electron chi connectivity index (χ1n) is 10.2. The van der Waals surface area contributed by atoms with Crippen LogP contribution in [0.3, 0.4) is 0 Å². The Morgan fingerprint density at radius 1 is 0.970 bits per heavy atom. The van der Waals surface area contributed by atoms with Crippen LogP contribution in [0.2, 0.25) is 5.02 Å². The number of halogens is 1. The van der Waals surface area contributed by atoms with Crippen LogP contribution in [0.1, 0.15) is 39.6 Å². The van der Waals surface area contributed by atoms with E-state index in [9.17, 15) is 19.5 Å². The van der Waals surface area contributed by atoms with Crippen molar-refractivity contribution in [1.29, 1.82) is 0 Å². The van der Waals surface area contributed by atoms with Gasteiger partial charge in [-0.2, -0.15) is 0 Å². The van der Waals surface area contributed by atoms with Gasteiger partial charge in [0.1, 0.15) is 0 Å². The second-order valence-corrected chi connectivity index (χ2v) is 9.04. The smallest absolute Gasteiger partial charge is 0.337 e. The number of benzene rings is 3. The summed E-state index contributed by atoms with van der Waals surface area (Å²) in [5.74, 6) is -1.62. The third-order valence-corrected chi connectivity index (χ3v) is 6.47. The first-order chi connectivity index (χ1) is 15.8. The fourth-order valence-electron chi connectivity index (χ4n) is 3.11. The Morgan fingerprint density at radius 2 is 1.70 bits per heavy atom. The first-order valence-corrected chi connectivity index (χ1v) is 11.5. The van der Waals surface area contributed by atoms with E-state index in [-0.39, 0.29) is 22.4 Å². The van der Waals surface area contributed by atoms with E-state index in [4.69, 9.17) is 11.6 Å². The molecule has 0 spiro atoms. The summed E-state index contributed by atoms with van der Waals surface area (Å²) >= 11 is 7.26. The largest absolute Gasteiger partial charge is 0.478 e.